The van der Waals surface area contributed by atoms with E-state index in [9.17, 15) is 9.90 Å². The summed E-state index contributed by atoms with van der Waals surface area (Å²) in [6.45, 7) is 11.0. The summed E-state index contributed by atoms with van der Waals surface area (Å²) in [5, 5.41) is 13.1. The first-order valence-electron chi connectivity index (χ1n) is 14.9. The van der Waals surface area contributed by atoms with Crippen molar-refractivity contribution in [3.05, 3.63) is 0 Å². The Labute approximate surface area is 214 Å². The normalized spacial score (nSPS) is 13.7. The maximum absolute atomic E-state index is 12.4. The van der Waals surface area contributed by atoms with Crippen LogP contribution in [0.3, 0.4) is 0 Å². The van der Waals surface area contributed by atoms with E-state index in [1.165, 1.54) is 96.3 Å². The van der Waals surface area contributed by atoms with Crippen LogP contribution in [0.25, 0.3) is 0 Å². The third kappa shape index (κ3) is 22.1. The Morgan fingerprint density at radius 3 is 1.53 bits per heavy atom. The first-order valence-corrected chi connectivity index (χ1v) is 18.3. The van der Waals surface area contributed by atoms with Gasteiger partial charge in [0.15, 0.2) is 8.32 Å². The maximum Gasteiger partial charge on any atom is 0.220 e. The number of carbonyl (C=O) groups excluding carboxylic acids is 1. The molecule has 0 aliphatic carbocycles. The highest BCUT2D eigenvalue weighted by atomic mass is 28.4. The second-order valence-electron chi connectivity index (χ2n) is 11.3. The minimum atomic E-state index is -1.76. The third-order valence-electron chi connectivity index (χ3n) is 6.60. The molecule has 0 unspecified atom stereocenters. The van der Waals surface area contributed by atoms with Crippen molar-refractivity contribution < 1.29 is 14.3 Å². The van der Waals surface area contributed by atoms with Crippen LogP contribution in [0.5, 0.6) is 0 Å². The first kappa shape index (κ1) is 33.6. The fourth-order valence-corrected chi connectivity index (χ4v) is 5.77. The van der Waals surface area contributed by atoms with Crippen molar-refractivity contribution in [1.29, 1.82) is 0 Å². The molecule has 2 atom stereocenters. The van der Waals surface area contributed by atoms with Gasteiger partial charge in [-0.05, 0) is 32.5 Å². The zero-order valence-electron chi connectivity index (χ0n) is 23.8. The summed E-state index contributed by atoms with van der Waals surface area (Å²) < 4.78 is 6.42. The molecular weight excluding hydrogens is 438 g/mol. The zero-order valence-corrected chi connectivity index (χ0v) is 24.8. The highest BCUT2D eigenvalue weighted by Gasteiger charge is 2.28. The van der Waals surface area contributed by atoms with Gasteiger partial charge in [-0.3, -0.25) is 4.79 Å². The average molecular weight is 500 g/mol. The molecule has 34 heavy (non-hydrogen) atoms. The summed E-state index contributed by atoms with van der Waals surface area (Å²) in [6.07, 6.45) is 24.6. The first-order chi connectivity index (χ1) is 16.3. The minimum Gasteiger partial charge on any atom is -0.413 e. The monoisotopic (exact) mass is 499 g/mol. The van der Waals surface area contributed by atoms with Crippen molar-refractivity contribution in [2.75, 3.05) is 6.61 Å². The number of hydrogen-bond donors (Lipinski definition) is 2. The van der Waals surface area contributed by atoms with E-state index in [0.717, 1.165) is 25.7 Å². The summed E-state index contributed by atoms with van der Waals surface area (Å²) >= 11 is 0. The summed E-state index contributed by atoms with van der Waals surface area (Å²) in [6, 6.07) is -0.285. The molecule has 5 heteroatoms. The van der Waals surface area contributed by atoms with Gasteiger partial charge in [-0.1, -0.05) is 123 Å². The zero-order chi connectivity index (χ0) is 25.5. The van der Waals surface area contributed by atoms with Gasteiger partial charge in [0.05, 0.1) is 18.8 Å². The number of rotatable bonds is 25. The van der Waals surface area contributed by atoms with Gasteiger partial charge in [-0.15, -0.1) is 0 Å². The van der Waals surface area contributed by atoms with Crippen LogP contribution in [-0.2, 0) is 9.22 Å². The molecule has 0 rings (SSSR count). The van der Waals surface area contributed by atoms with Crippen molar-refractivity contribution in [3.63, 3.8) is 0 Å². The number of carbonyl (C=O) groups is 1. The van der Waals surface area contributed by atoms with E-state index < -0.39 is 8.32 Å². The summed E-state index contributed by atoms with van der Waals surface area (Å²) in [5.41, 5.74) is 0. The molecule has 0 fully saturated rings. The van der Waals surface area contributed by atoms with E-state index in [4.69, 9.17) is 4.43 Å². The van der Waals surface area contributed by atoms with Gasteiger partial charge in [0.1, 0.15) is 0 Å². The molecule has 0 bridgehead atoms. The fraction of sp³-hybridized carbons (Fsp3) is 0.966. The number of nitrogens with one attached hydrogen (secondary N) is 1. The number of amides is 1. The molecule has 0 aliphatic heterocycles. The second kappa shape index (κ2) is 23.0. The van der Waals surface area contributed by atoms with Gasteiger partial charge in [0, 0.05) is 6.42 Å². The van der Waals surface area contributed by atoms with Crippen molar-refractivity contribution >= 4 is 14.2 Å². The molecule has 0 aliphatic rings. The molecule has 4 nitrogen and oxygen atoms in total. The van der Waals surface area contributed by atoms with Crippen LogP contribution in [0.1, 0.15) is 142 Å². The van der Waals surface area contributed by atoms with Gasteiger partial charge in [-0.2, -0.15) is 0 Å². The van der Waals surface area contributed by atoms with Crippen LogP contribution in [0, 0.1) is 0 Å². The SMILES string of the molecule is CCCCCCCCCCCCCCC[C@@H](O[Si](C)(C)C)[C@H](CO)NC(=O)CCCCCCC. The predicted molar refractivity (Wildman–Crippen MR) is 151 cm³/mol. The van der Waals surface area contributed by atoms with Gasteiger partial charge in [0.25, 0.3) is 0 Å². The number of unbranched alkanes of at least 4 members (excludes halogenated alkanes) is 16. The lowest BCUT2D eigenvalue weighted by Gasteiger charge is -2.32. The Morgan fingerprint density at radius 1 is 0.706 bits per heavy atom. The van der Waals surface area contributed by atoms with Crippen molar-refractivity contribution in [2.24, 2.45) is 0 Å². The molecule has 0 heterocycles. The topological polar surface area (TPSA) is 58.6 Å². The standard InChI is InChI=1S/C29H61NO3Si/c1-6-8-10-12-13-14-15-16-17-18-19-21-22-24-28(33-34(3,4)5)27(26-31)30-29(32)25-23-20-11-9-7-2/h27-28,31H,6-26H2,1-5H3,(H,30,32)/t27-,28+/m0/s1. The highest BCUT2D eigenvalue weighted by Crippen LogP contribution is 2.19. The van der Waals surface area contributed by atoms with E-state index in [1.54, 1.807) is 0 Å². The molecule has 0 saturated carbocycles. The summed E-state index contributed by atoms with van der Waals surface area (Å²) in [7, 11) is -1.76. The lowest BCUT2D eigenvalue weighted by atomic mass is 10.0. The average Bonchev–Trinajstić information content (AvgIpc) is 2.78. The number of hydrogen-bond acceptors (Lipinski definition) is 3. The Bertz CT molecular complexity index is 453. The smallest absolute Gasteiger partial charge is 0.220 e. The van der Waals surface area contributed by atoms with Gasteiger partial charge < -0.3 is 14.8 Å². The molecule has 2 N–H and O–H groups in total. The van der Waals surface area contributed by atoms with Crippen LogP contribution in [0.4, 0.5) is 0 Å². The lowest BCUT2D eigenvalue weighted by molar-refractivity contribution is -0.123. The van der Waals surface area contributed by atoms with Gasteiger partial charge in [0.2, 0.25) is 5.91 Å². The highest BCUT2D eigenvalue weighted by molar-refractivity contribution is 6.69. The van der Waals surface area contributed by atoms with Crippen molar-refractivity contribution in [1.82, 2.24) is 5.32 Å². The molecule has 0 aromatic rings. The van der Waals surface area contributed by atoms with Crippen LogP contribution in [-0.4, -0.2) is 38.1 Å². The van der Waals surface area contributed by atoms with E-state index in [1.807, 2.05) is 0 Å². The molecule has 1 amide bonds. The van der Waals surface area contributed by atoms with Gasteiger partial charge >= 0.3 is 0 Å². The quantitative estimate of drug-likeness (QED) is 0.0977. The second-order valence-corrected chi connectivity index (χ2v) is 15.8. The molecule has 0 aromatic heterocycles. The Balaban J connectivity index is 4.13. The Morgan fingerprint density at radius 2 is 1.12 bits per heavy atom. The van der Waals surface area contributed by atoms with Crippen molar-refractivity contribution in [2.45, 2.75) is 174 Å². The van der Waals surface area contributed by atoms with Crippen LogP contribution in [0.2, 0.25) is 19.6 Å². The van der Waals surface area contributed by atoms with Crippen molar-refractivity contribution in [3.8, 4) is 0 Å². The van der Waals surface area contributed by atoms with E-state index in [-0.39, 0.29) is 24.7 Å². The predicted octanol–water partition coefficient (Wildman–Crippen LogP) is 8.53. The molecule has 0 saturated heterocycles. The molecule has 0 radical (unpaired) electrons. The largest absolute Gasteiger partial charge is 0.413 e. The summed E-state index contributed by atoms with van der Waals surface area (Å²) in [5.74, 6) is 0.0603. The molecule has 204 valence electrons. The lowest BCUT2D eigenvalue weighted by Crippen LogP contribution is -2.50. The van der Waals surface area contributed by atoms with E-state index >= 15 is 0 Å². The Kier molecular flexibility index (Phi) is 22.8. The molecular formula is C29H61NO3Si. The molecule has 0 aromatic carbocycles. The number of aliphatic hydroxyl groups is 1. The van der Waals surface area contributed by atoms with Crippen LogP contribution in [0.15, 0.2) is 0 Å². The molecule has 0 spiro atoms. The maximum atomic E-state index is 12.4. The fourth-order valence-electron chi connectivity index (χ4n) is 4.58. The van der Waals surface area contributed by atoms with E-state index in [0.29, 0.717) is 6.42 Å². The Hall–Kier alpha value is -0.393. The van der Waals surface area contributed by atoms with Crippen LogP contribution >= 0.6 is 0 Å². The third-order valence-corrected chi connectivity index (χ3v) is 7.61. The van der Waals surface area contributed by atoms with E-state index in [2.05, 4.69) is 38.8 Å². The number of aliphatic hydroxyl groups excluding tert-OH is 1. The van der Waals surface area contributed by atoms with Gasteiger partial charge in [-0.25, -0.2) is 0 Å². The van der Waals surface area contributed by atoms with Crippen LogP contribution < -0.4 is 5.32 Å². The minimum absolute atomic E-state index is 0.0465. The summed E-state index contributed by atoms with van der Waals surface area (Å²) in [4.78, 5) is 12.4.